The van der Waals surface area contributed by atoms with E-state index in [2.05, 4.69) is 35.8 Å². The van der Waals surface area contributed by atoms with Crippen LogP contribution in [-0.2, 0) is 5.75 Å². The molecule has 12 heteroatoms. The van der Waals surface area contributed by atoms with Crippen LogP contribution < -0.4 is 11.2 Å². The zero-order valence-corrected chi connectivity index (χ0v) is 17.4. The first-order valence-corrected chi connectivity index (χ1v) is 10.6. The number of carbonyl (C=O) groups excluding carboxylic acids is 1. The highest BCUT2D eigenvalue weighted by Gasteiger charge is 2.24. The highest BCUT2D eigenvalue weighted by molar-refractivity contribution is 7.98. The van der Waals surface area contributed by atoms with Gasteiger partial charge in [0.1, 0.15) is 0 Å². The summed E-state index contributed by atoms with van der Waals surface area (Å²) in [5, 5.41) is 23.2. The number of rotatable bonds is 7. The Balaban J connectivity index is 1.59. The van der Waals surface area contributed by atoms with E-state index in [0.717, 1.165) is 16.0 Å². The number of nitrogen functional groups attached to an aromatic ring is 1. The van der Waals surface area contributed by atoms with E-state index in [1.165, 1.54) is 27.8 Å². The SMILES string of the molecule is Cc1ccc(SCc2c(C(=O)N/N=C/c3ccsc3)nnn2-c2nonc2N)cc1. The lowest BCUT2D eigenvalue weighted by molar-refractivity contribution is 0.0949. The predicted octanol–water partition coefficient (Wildman–Crippen LogP) is 2.66. The zero-order valence-electron chi connectivity index (χ0n) is 15.7. The highest BCUT2D eigenvalue weighted by Crippen LogP contribution is 2.26. The molecule has 0 fully saturated rings. The molecule has 3 N–H and O–H groups in total. The summed E-state index contributed by atoms with van der Waals surface area (Å²) in [6, 6.07) is 9.94. The van der Waals surface area contributed by atoms with Gasteiger partial charge in [-0.3, -0.25) is 4.79 Å². The molecule has 3 heterocycles. The van der Waals surface area contributed by atoms with Crippen molar-refractivity contribution < 1.29 is 9.42 Å². The largest absolute Gasteiger partial charge is 0.378 e. The van der Waals surface area contributed by atoms with Crippen molar-refractivity contribution in [1.82, 2.24) is 30.7 Å². The third-order valence-corrected chi connectivity index (χ3v) is 5.72. The molecule has 0 aliphatic carbocycles. The van der Waals surface area contributed by atoms with Crippen LogP contribution in [0.25, 0.3) is 5.82 Å². The van der Waals surface area contributed by atoms with Gasteiger partial charge in [0.05, 0.1) is 11.9 Å². The van der Waals surface area contributed by atoms with Gasteiger partial charge in [0, 0.05) is 16.2 Å². The Morgan fingerprint density at radius 1 is 1.33 bits per heavy atom. The third kappa shape index (κ3) is 4.39. The number of nitrogens with two attached hydrogens (primary N) is 1. The molecule has 0 atom stereocenters. The van der Waals surface area contributed by atoms with Gasteiger partial charge in [-0.25, -0.2) is 10.1 Å². The average Bonchev–Trinajstić information content (AvgIpc) is 3.48. The van der Waals surface area contributed by atoms with E-state index in [1.54, 1.807) is 6.21 Å². The average molecular weight is 441 g/mol. The number of anilines is 1. The molecule has 0 unspecified atom stereocenters. The molecule has 0 aliphatic rings. The summed E-state index contributed by atoms with van der Waals surface area (Å²) in [5.74, 6) is 0.105. The molecule has 0 spiro atoms. The van der Waals surface area contributed by atoms with Gasteiger partial charge >= 0.3 is 0 Å². The van der Waals surface area contributed by atoms with E-state index in [0.29, 0.717) is 11.4 Å². The smallest absolute Gasteiger partial charge is 0.293 e. The number of nitrogens with zero attached hydrogens (tertiary/aromatic N) is 6. The molecule has 30 heavy (non-hydrogen) atoms. The van der Waals surface area contributed by atoms with Crippen LogP contribution >= 0.6 is 23.1 Å². The second kappa shape index (κ2) is 8.88. The second-order valence-corrected chi connectivity index (χ2v) is 7.96. The molecule has 4 rings (SSSR count). The Bertz CT molecular complexity index is 1170. The molecule has 4 aromatic rings. The second-order valence-electron chi connectivity index (χ2n) is 6.13. The number of carbonyl (C=O) groups is 1. The number of hydrogen-bond donors (Lipinski definition) is 2. The summed E-state index contributed by atoms with van der Waals surface area (Å²) < 4.78 is 6.01. The van der Waals surface area contributed by atoms with Crippen molar-refractivity contribution in [1.29, 1.82) is 0 Å². The van der Waals surface area contributed by atoms with E-state index in [9.17, 15) is 4.79 Å². The fourth-order valence-corrected chi connectivity index (χ4v) is 3.97. The lowest BCUT2D eigenvalue weighted by atomic mass is 10.2. The van der Waals surface area contributed by atoms with Gasteiger partial charge in [-0.05, 0) is 46.2 Å². The lowest BCUT2D eigenvalue weighted by Crippen LogP contribution is -2.20. The van der Waals surface area contributed by atoms with Gasteiger partial charge in [-0.1, -0.05) is 22.9 Å². The van der Waals surface area contributed by atoms with Gasteiger partial charge in [-0.2, -0.15) is 21.1 Å². The summed E-state index contributed by atoms with van der Waals surface area (Å²) in [5.41, 5.74) is 10.9. The summed E-state index contributed by atoms with van der Waals surface area (Å²) in [6.45, 7) is 2.02. The van der Waals surface area contributed by atoms with E-state index in [4.69, 9.17) is 5.73 Å². The number of amides is 1. The normalized spacial score (nSPS) is 11.2. The molecular formula is C18H16N8O2S2. The number of nitrogens with one attached hydrogen (secondary N) is 1. The molecule has 0 saturated heterocycles. The van der Waals surface area contributed by atoms with Crippen molar-refractivity contribution in [3.63, 3.8) is 0 Å². The summed E-state index contributed by atoms with van der Waals surface area (Å²) >= 11 is 3.06. The van der Waals surface area contributed by atoms with Gasteiger partial charge in [0.2, 0.25) is 11.6 Å². The standard InChI is InChI=1S/C18H16N8O2S2/c1-11-2-4-13(5-3-11)30-10-14-15(18(27)22-20-8-12-6-7-29-9-12)21-25-26(14)17-16(19)23-28-24-17/h2-9H,10H2,1H3,(H2,19,23)(H,22,27)/b20-8+. The Morgan fingerprint density at radius 3 is 2.87 bits per heavy atom. The molecule has 1 amide bonds. The maximum atomic E-state index is 12.7. The molecule has 0 aliphatic heterocycles. The number of thiophene rings is 1. The first-order valence-electron chi connectivity index (χ1n) is 8.70. The van der Waals surface area contributed by atoms with Gasteiger partial charge < -0.3 is 5.73 Å². The molecule has 1 aromatic carbocycles. The Kier molecular flexibility index (Phi) is 5.86. The minimum absolute atomic E-state index is 0.0453. The Labute approximate surface area is 179 Å². The summed E-state index contributed by atoms with van der Waals surface area (Å²) in [4.78, 5) is 13.7. The van der Waals surface area contributed by atoms with Crippen LogP contribution in [0.3, 0.4) is 0 Å². The van der Waals surface area contributed by atoms with Gasteiger partial charge in [0.25, 0.3) is 5.91 Å². The predicted molar refractivity (Wildman–Crippen MR) is 114 cm³/mol. The highest BCUT2D eigenvalue weighted by atomic mass is 32.2. The van der Waals surface area contributed by atoms with Crippen molar-refractivity contribution in [3.8, 4) is 5.82 Å². The number of thioether (sulfide) groups is 1. The molecule has 3 aromatic heterocycles. The van der Waals surface area contributed by atoms with Crippen molar-refractivity contribution >= 4 is 41.0 Å². The number of aromatic nitrogens is 5. The van der Waals surface area contributed by atoms with Crippen molar-refractivity contribution in [2.24, 2.45) is 5.10 Å². The van der Waals surface area contributed by atoms with Crippen LogP contribution in [0.4, 0.5) is 5.82 Å². The zero-order chi connectivity index (χ0) is 20.9. The molecule has 0 radical (unpaired) electrons. The summed E-state index contributed by atoms with van der Waals surface area (Å²) in [6.07, 6.45) is 1.55. The van der Waals surface area contributed by atoms with E-state index in [1.807, 2.05) is 48.0 Å². The van der Waals surface area contributed by atoms with E-state index in [-0.39, 0.29) is 17.3 Å². The number of aryl methyl sites for hydroxylation is 1. The van der Waals surface area contributed by atoms with Crippen LogP contribution in [0, 0.1) is 6.92 Å². The minimum atomic E-state index is -0.498. The van der Waals surface area contributed by atoms with Crippen molar-refractivity contribution in [2.45, 2.75) is 17.6 Å². The van der Waals surface area contributed by atoms with Crippen LogP contribution in [0.15, 0.2) is 55.7 Å². The fraction of sp³-hybridized carbons (Fsp3) is 0.111. The number of hydrazone groups is 1. The Morgan fingerprint density at radius 2 is 2.17 bits per heavy atom. The van der Waals surface area contributed by atoms with Crippen LogP contribution in [-0.4, -0.2) is 37.4 Å². The van der Waals surface area contributed by atoms with Crippen molar-refractivity contribution in [2.75, 3.05) is 5.73 Å². The lowest BCUT2D eigenvalue weighted by Gasteiger charge is -2.06. The summed E-state index contributed by atoms with van der Waals surface area (Å²) in [7, 11) is 0. The maximum Gasteiger partial charge on any atom is 0.293 e. The topological polar surface area (TPSA) is 137 Å². The fourth-order valence-electron chi connectivity index (χ4n) is 2.47. The molecule has 152 valence electrons. The maximum absolute atomic E-state index is 12.7. The molecule has 0 saturated carbocycles. The first-order chi connectivity index (χ1) is 14.6. The first kappa shape index (κ1) is 19.8. The quantitative estimate of drug-likeness (QED) is 0.254. The molecule has 0 bridgehead atoms. The number of benzene rings is 1. The third-order valence-electron chi connectivity index (χ3n) is 3.99. The molecular weight excluding hydrogens is 424 g/mol. The Hall–Kier alpha value is -3.51. The van der Waals surface area contributed by atoms with Crippen molar-refractivity contribution in [3.05, 3.63) is 63.6 Å². The van der Waals surface area contributed by atoms with Crippen LogP contribution in [0.2, 0.25) is 0 Å². The monoisotopic (exact) mass is 440 g/mol. The molecule has 10 nitrogen and oxygen atoms in total. The van der Waals surface area contributed by atoms with Gasteiger partial charge in [0.15, 0.2) is 5.69 Å². The minimum Gasteiger partial charge on any atom is -0.378 e. The van der Waals surface area contributed by atoms with E-state index >= 15 is 0 Å². The van der Waals surface area contributed by atoms with Crippen LogP contribution in [0.1, 0.15) is 27.3 Å². The van der Waals surface area contributed by atoms with E-state index < -0.39 is 5.91 Å². The van der Waals surface area contributed by atoms with Crippen LogP contribution in [0.5, 0.6) is 0 Å². The van der Waals surface area contributed by atoms with Gasteiger partial charge in [-0.15, -0.1) is 16.9 Å². The number of hydrogen-bond acceptors (Lipinski definition) is 10.